The molecule has 0 spiro atoms. The molecule has 1 N–H and O–H groups in total. The summed E-state index contributed by atoms with van der Waals surface area (Å²) in [5.41, 5.74) is 3.42. The maximum atomic E-state index is 4.51. The molecule has 0 amide bonds. The summed E-state index contributed by atoms with van der Waals surface area (Å²) in [7, 11) is 1.99. The second-order valence-corrected chi connectivity index (χ2v) is 6.45. The molecule has 0 saturated heterocycles. The van der Waals surface area contributed by atoms with Crippen molar-refractivity contribution in [3.8, 4) is 0 Å². The number of aryl methyl sites for hydroxylation is 2. The van der Waals surface area contributed by atoms with Crippen molar-refractivity contribution in [3.05, 3.63) is 45.5 Å². The number of nitrogens with one attached hydrogen (secondary N) is 1. The van der Waals surface area contributed by atoms with Crippen LogP contribution in [0, 0.1) is 0 Å². The van der Waals surface area contributed by atoms with Gasteiger partial charge in [0, 0.05) is 17.4 Å². The van der Waals surface area contributed by atoms with Gasteiger partial charge in [-0.05, 0) is 57.4 Å². The number of fused-ring (bicyclic) bond motifs is 1. The van der Waals surface area contributed by atoms with E-state index in [1.807, 2.05) is 11.7 Å². The molecule has 3 aromatic rings. The first kappa shape index (κ1) is 13.6. The van der Waals surface area contributed by atoms with Crippen molar-refractivity contribution in [2.24, 2.45) is 7.05 Å². The van der Waals surface area contributed by atoms with Crippen molar-refractivity contribution in [1.29, 1.82) is 0 Å². The van der Waals surface area contributed by atoms with Crippen molar-refractivity contribution in [2.75, 3.05) is 5.32 Å². The zero-order valence-corrected chi connectivity index (χ0v) is 13.9. The lowest BCUT2D eigenvalue weighted by atomic mass is 10.2. The first-order chi connectivity index (χ1) is 9.69. The van der Waals surface area contributed by atoms with Crippen LogP contribution in [-0.2, 0) is 20.0 Å². The second kappa shape index (κ2) is 5.58. The number of benzene rings is 1. The minimum Gasteiger partial charge on any atom is -0.379 e. The average Bonchev–Trinajstić information content (AvgIpc) is 3.01. The predicted octanol–water partition coefficient (Wildman–Crippen LogP) is 4.57. The Morgan fingerprint density at radius 2 is 2.20 bits per heavy atom. The summed E-state index contributed by atoms with van der Waals surface area (Å²) >= 11 is 5.42. The van der Waals surface area contributed by atoms with E-state index in [-0.39, 0.29) is 0 Å². The van der Waals surface area contributed by atoms with E-state index in [0.29, 0.717) is 0 Å². The molecule has 104 valence electrons. The number of hydrogen-bond acceptors (Lipinski definition) is 3. The van der Waals surface area contributed by atoms with Crippen LogP contribution in [0.25, 0.3) is 10.1 Å². The van der Waals surface area contributed by atoms with Crippen LogP contribution in [-0.4, -0.2) is 9.78 Å². The van der Waals surface area contributed by atoms with E-state index in [1.165, 1.54) is 15.8 Å². The Morgan fingerprint density at radius 3 is 2.95 bits per heavy atom. The standard InChI is InChI=1S/C15H16BrN3S/c1-3-12-15(16)13(19(2)18-12)9-17-11-4-5-14-10(8-11)6-7-20-14/h4-8,17H,3,9H2,1-2H3. The molecule has 0 aliphatic rings. The highest BCUT2D eigenvalue weighted by molar-refractivity contribution is 9.10. The minimum absolute atomic E-state index is 0.764. The summed E-state index contributed by atoms with van der Waals surface area (Å²) in [6.45, 7) is 2.88. The zero-order valence-electron chi connectivity index (χ0n) is 11.5. The third-order valence-corrected chi connectivity index (χ3v) is 5.23. The molecule has 0 aliphatic heterocycles. The highest BCUT2D eigenvalue weighted by Crippen LogP contribution is 2.26. The molecule has 1 aromatic carbocycles. The quantitative estimate of drug-likeness (QED) is 0.747. The molecule has 0 radical (unpaired) electrons. The summed E-state index contributed by atoms with van der Waals surface area (Å²) < 4.78 is 4.39. The van der Waals surface area contributed by atoms with Gasteiger partial charge in [0.05, 0.1) is 22.4 Å². The SMILES string of the molecule is CCc1nn(C)c(CNc2ccc3sccc3c2)c1Br. The Kier molecular flexibility index (Phi) is 3.81. The predicted molar refractivity (Wildman–Crippen MR) is 89.4 cm³/mol. The van der Waals surface area contributed by atoms with Gasteiger partial charge in [0.15, 0.2) is 0 Å². The van der Waals surface area contributed by atoms with Gasteiger partial charge in [0.25, 0.3) is 0 Å². The minimum atomic E-state index is 0.764. The highest BCUT2D eigenvalue weighted by Gasteiger charge is 2.12. The normalized spacial score (nSPS) is 11.2. The molecule has 0 atom stereocenters. The monoisotopic (exact) mass is 349 g/mol. The number of aromatic nitrogens is 2. The molecule has 2 aromatic heterocycles. The van der Waals surface area contributed by atoms with Gasteiger partial charge >= 0.3 is 0 Å². The fraction of sp³-hybridized carbons (Fsp3) is 0.267. The molecule has 2 heterocycles. The summed E-state index contributed by atoms with van der Waals surface area (Å²) in [6.07, 6.45) is 0.940. The van der Waals surface area contributed by atoms with Gasteiger partial charge in [0.1, 0.15) is 0 Å². The second-order valence-electron chi connectivity index (χ2n) is 4.71. The van der Waals surface area contributed by atoms with Gasteiger partial charge in [-0.1, -0.05) is 6.92 Å². The van der Waals surface area contributed by atoms with Gasteiger partial charge in [-0.2, -0.15) is 5.10 Å². The van der Waals surface area contributed by atoms with Crippen LogP contribution in [0.3, 0.4) is 0 Å². The molecule has 0 unspecified atom stereocenters. The van der Waals surface area contributed by atoms with E-state index in [2.05, 4.69) is 62.9 Å². The van der Waals surface area contributed by atoms with E-state index in [4.69, 9.17) is 0 Å². The van der Waals surface area contributed by atoms with Crippen LogP contribution in [0.4, 0.5) is 5.69 Å². The molecular weight excluding hydrogens is 334 g/mol. The largest absolute Gasteiger partial charge is 0.379 e. The van der Waals surface area contributed by atoms with E-state index in [1.54, 1.807) is 11.3 Å². The number of halogens is 1. The van der Waals surface area contributed by atoms with Gasteiger partial charge in [-0.15, -0.1) is 11.3 Å². The molecule has 20 heavy (non-hydrogen) atoms. The lowest BCUT2D eigenvalue weighted by Gasteiger charge is -2.07. The summed E-state index contributed by atoms with van der Waals surface area (Å²) in [5, 5.41) is 11.4. The molecule has 3 rings (SSSR count). The van der Waals surface area contributed by atoms with Crippen LogP contribution >= 0.6 is 27.3 Å². The first-order valence-corrected chi connectivity index (χ1v) is 8.27. The summed E-state index contributed by atoms with van der Waals surface area (Å²) in [5.74, 6) is 0. The molecule has 0 fully saturated rings. The Hall–Kier alpha value is -1.33. The van der Waals surface area contributed by atoms with Crippen molar-refractivity contribution in [2.45, 2.75) is 19.9 Å². The number of thiophene rings is 1. The van der Waals surface area contributed by atoms with Crippen molar-refractivity contribution in [3.63, 3.8) is 0 Å². The number of anilines is 1. The Bertz CT molecular complexity index is 745. The third kappa shape index (κ3) is 2.47. The molecule has 0 aliphatic carbocycles. The van der Waals surface area contributed by atoms with E-state index in [0.717, 1.165) is 28.8 Å². The van der Waals surface area contributed by atoms with E-state index in [9.17, 15) is 0 Å². The number of rotatable bonds is 4. The van der Waals surface area contributed by atoms with Gasteiger partial charge < -0.3 is 5.32 Å². The van der Waals surface area contributed by atoms with Gasteiger partial charge in [0.2, 0.25) is 0 Å². The smallest absolute Gasteiger partial charge is 0.0767 e. The van der Waals surface area contributed by atoms with Crippen LogP contribution < -0.4 is 5.32 Å². The van der Waals surface area contributed by atoms with Crippen LogP contribution in [0.5, 0.6) is 0 Å². The maximum Gasteiger partial charge on any atom is 0.0767 e. The number of nitrogens with zero attached hydrogens (tertiary/aromatic N) is 2. The molecular formula is C15H16BrN3S. The lowest BCUT2D eigenvalue weighted by molar-refractivity contribution is 0.706. The summed E-state index contributed by atoms with van der Waals surface area (Å²) in [6, 6.07) is 8.64. The van der Waals surface area contributed by atoms with Crippen LogP contribution in [0.15, 0.2) is 34.1 Å². The fourth-order valence-corrected chi connectivity index (χ4v) is 3.80. The Morgan fingerprint density at radius 1 is 1.35 bits per heavy atom. The maximum absolute atomic E-state index is 4.51. The molecule has 0 saturated carbocycles. The Balaban J connectivity index is 1.80. The highest BCUT2D eigenvalue weighted by atomic mass is 79.9. The molecule has 5 heteroatoms. The van der Waals surface area contributed by atoms with Crippen molar-refractivity contribution < 1.29 is 0 Å². The number of hydrogen-bond donors (Lipinski definition) is 1. The van der Waals surface area contributed by atoms with E-state index < -0.39 is 0 Å². The van der Waals surface area contributed by atoms with Gasteiger partial charge in [-0.25, -0.2) is 0 Å². The fourth-order valence-electron chi connectivity index (χ4n) is 2.27. The Labute approximate surface area is 130 Å². The molecule has 3 nitrogen and oxygen atoms in total. The lowest BCUT2D eigenvalue weighted by Crippen LogP contribution is -2.05. The van der Waals surface area contributed by atoms with E-state index >= 15 is 0 Å². The topological polar surface area (TPSA) is 29.9 Å². The molecule has 0 bridgehead atoms. The zero-order chi connectivity index (χ0) is 14.1. The van der Waals surface area contributed by atoms with Crippen molar-refractivity contribution >= 4 is 43.0 Å². The van der Waals surface area contributed by atoms with Crippen LogP contribution in [0.1, 0.15) is 18.3 Å². The average molecular weight is 350 g/mol. The van der Waals surface area contributed by atoms with Crippen LogP contribution in [0.2, 0.25) is 0 Å². The van der Waals surface area contributed by atoms with Crippen molar-refractivity contribution in [1.82, 2.24) is 9.78 Å². The van der Waals surface area contributed by atoms with Gasteiger partial charge in [-0.3, -0.25) is 4.68 Å². The first-order valence-electron chi connectivity index (χ1n) is 6.60. The summed E-state index contributed by atoms with van der Waals surface area (Å²) in [4.78, 5) is 0. The third-order valence-electron chi connectivity index (χ3n) is 3.42.